The topological polar surface area (TPSA) is 22.6 Å². The van der Waals surface area contributed by atoms with E-state index in [1.165, 1.54) is 130 Å². The summed E-state index contributed by atoms with van der Waals surface area (Å²) in [5.74, 6) is 0. The van der Waals surface area contributed by atoms with E-state index in [0.29, 0.717) is 0 Å². The summed E-state index contributed by atoms with van der Waals surface area (Å²) in [5, 5.41) is 0. The lowest BCUT2D eigenvalue weighted by molar-refractivity contribution is 0.195. The van der Waals surface area contributed by atoms with Crippen molar-refractivity contribution in [3.8, 4) is 22.4 Å². The quantitative estimate of drug-likeness (QED) is 0.160. The van der Waals surface area contributed by atoms with Crippen molar-refractivity contribution in [3.05, 3.63) is 191 Å². The largest absolute Gasteiger partial charge is 0.334 e. The van der Waals surface area contributed by atoms with E-state index in [9.17, 15) is 0 Å². The Morgan fingerprint density at radius 1 is 0.507 bits per heavy atom. The van der Waals surface area contributed by atoms with Gasteiger partial charge in [-0.05, 0) is 208 Å². The van der Waals surface area contributed by atoms with E-state index in [0.717, 1.165) is 44.2 Å². The second-order valence-electron chi connectivity index (χ2n) is 26.7. The number of hydrogen-bond acceptors (Lipinski definition) is 4. The monoisotopic (exact) mass is 979 g/mol. The zero-order valence-corrected chi connectivity index (χ0v) is 46.0. The molecule has 0 spiro atoms. The number of aryl methyl sites for hydroxylation is 1. The molecule has 14 rings (SSSR count). The zero-order chi connectivity index (χ0) is 51.6. The minimum atomic E-state index is -0.133. The molecular formula is C70H71BN4. The van der Waals surface area contributed by atoms with Crippen molar-refractivity contribution in [2.24, 2.45) is 10.8 Å². The first-order valence-corrected chi connectivity index (χ1v) is 28.1. The molecule has 3 aliphatic heterocycles. The number of aromatic nitrogens is 1. The maximum Gasteiger partial charge on any atom is 0.252 e. The molecule has 0 amide bonds. The molecule has 1 fully saturated rings. The van der Waals surface area contributed by atoms with Crippen LogP contribution < -0.4 is 31.1 Å². The number of anilines is 8. The number of fused-ring (bicyclic) bond motifs is 9. The number of pyridine rings is 1. The fourth-order valence-electron chi connectivity index (χ4n) is 15.4. The summed E-state index contributed by atoms with van der Waals surface area (Å²) in [4.78, 5) is 13.0. The molecule has 4 heterocycles. The van der Waals surface area contributed by atoms with Crippen LogP contribution in [-0.4, -0.2) is 17.2 Å². The smallest absolute Gasteiger partial charge is 0.252 e. The second-order valence-corrected chi connectivity index (χ2v) is 26.7. The molecule has 2 unspecified atom stereocenters. The van der Waals surface area contributed by atoms with Crippen LogP contribution in [0.1, 0.15) is 127 Å². The molecule has 0 bridgehead atoms. The summed E-state index contributed by atoms with van der Waals surface area (Å²) >= 11 is 0. The van der Waals surface area contributed by atoms with Crippen LogP contribution in [0.25, 0.3) is 22.4 Å². The molecule has 1 aromatic heterocycles. The van der Waals surface area contributed by atoms with E-state index in [1.54, 1.807) is 0 Å². The first-order valence-electron chi connectivity index (χ1n) is 28.1. The van der Waals surface area contributed by atoms with Crippen LogP contribution in [0.2, 0.25) is 0 Å². The number of nitrogens with zero attached hydrogens (tertiary/aromatic N) is 4. The van der Waals surface area contributed by atoms with Crippen molar-refractivity contribution < 1.29 is 0 Å². The first-order chi connectivity index (χ1) is 35.9. The predicted octanol–water partition coefficient (Wildman–Crippen LogP) is 16.1. The maximum atomic E-state index is 4.84. The summed E-state index contributed by atoms with van der Waals surface area (Å²) in [5.41, 5.74) is 29.5. The van der Waals surface area contributed by atoms with Gasteiger partial charge < -0.3 is 14.7 Å². The van der Waals surface area contributed by atoms with Crippen LogP contribution in [0.4, 0.5) is 45.5 Å². The van der Waals surface area contributed by atoms with Crippen molar-refractivity contribution in [1.29, 1.82) is 0 Å². The highest BCUT2D eigenvalue weighted by atomic mass is 15.3. The van der Waals surface area contributed by atoms with Crippen molar-refractivity contribution >= 4 is 68.6 Å². The number of rotatable bonds is 5. The Morgan fingerprint density at radius 3 is 1.92 bits per heavy atom. The highest BCUT2D eigenvalue weighted by Crippen LogP contribution is 2.62. The molecule has 75 heavy (non-hydrogen) atoms. The molecule has 4 nitrogen and oxygen atoms in total. The number of benzene rings is 7. The lowest BCUT2D eigenvalue weighted by Crippen LogP contribution is -2.61. The van der Waals surface area contributed by atoms with Crippen LogP contribution in [-0.2, 0) is 36.5 Å². The Bertz CT molecular complexity index is 3680. The van der Waals surface area contributed by atoms with Crippen molar-refractivity contribution in [2.45, 2.75) is 137 Å². The predicted molar refractivity (Wildman–Crippen MR) is 318 cm³/mol. The van der Waals surface area contributed by atoms with E-state index >= 15 is 0 Å². The average Bonchev–Trinajstić information content (AvgIpc) is 3.95. The summed E-state index contributed by atoms with van der Waals surface area (Å²) in [6.45, 7) is 24.3. The molecule has 7 aromatic carbocycles. The zero-order valence-electron chi connectivity index (χ0n) is 46.0. The van der Waals surface area contributed by atoms with E-state index in [2.05, 4.69) is 223 Å². The van der Waals surface area contributed by atoms with E-state index in [-0.39, 0.29) is 33.9 Å². The van der Waals surface area contributed by atoms with Gasteiger partial charge in [0.1, 0.15) is 0 Å². The average molecular weight is 979 g/mol. The molecule has 6 aliphatic rings. The Kier molecular flexibility index (Phi) is 10.0. The molecule has 0 saturated heterocycles. The van der Waals surface area contributed by atoms with Crippen LogP contribution in [0.5, 0.6) is 0 Å². The molecule has 2 atom stereocenters. The molecule has 8 aromatic rings. The summed E-state index contributed by atoms with van der Waals surface area (Å²) < 4.78 is 0. The van der Waals surface area contributed by atoms with Crippen molar-refractivity contribution in [3.63, 3.8) is 0 Å². The minimum absolute atomic E-state index is 0.0286. The highest BCUT2D eigenvalue weighted by molar-refractivity contribution is 7.00. The molecule has 0 N–H and O–H groups in total. The minimum Gasteiger partial charge on any atom is -0.334 e. The molecule has 1 saturated carbocycles. The van der Waals surface area contributed by atoms with Crippen molar-refractivity contribution in [1.82, 2.24) is 4.98 Å². The third-order valence-electron chi connectivity index (χ3n) is 19.2. The normalized spacial score (nSPS) is 21.3. The van der Waals surface area contributed by atoms with Gasteiger partial charge in [-0.25, -0.2) is 0 Å². The van der Waals surface area contributed by atoms with Gasteiger partial charge in [-0.15, -0.1) is 0 Å². The summed E-state index contributed by atoms with van der Waals surface area (Å²) in [6, 6.07) is 57.4. The van der Waals surface area contributed by atoms with Gasteiger partial charge in [-0.3, -0.25) is 4.98 Å². The van der Waals surface area contributed by atoms with Crippen LogP contribution in [0.3, 0.4) is 0 Å². The fourth-order valence-corrected chi connectivity index (χ4v) is 15.4. The van der Waals surface area contributed by atoms with Crippen LogP contribution in [0, 0.1) is 17.8 Å². The van der Waals surface area contributed by atoms with Gasteiger partial charge in [0.15, 0.2) is 0 Å². The van der Waals surface area contributed by atoms with Gasteiger partial charge in [0.2, 0.25) is 0 Å². The Labute approximate surface area is 447 Å². The van der Waals surface area contributed by atoms with Gasteiger partial charge in [0, 0.05) is 62.6 Å². The molecular weight excluding hydrogens is 908 g/mol. The number of hydrogen-bond donors (Lipinski definition) is 0. The second kappa shape index (κ2) is 16.1. The van der Waals surface area contributed by atoms with Gasteiger partial charge in [0.25, 0.3) is 6.71 Å². The molecule has 5 heteroatoms. The fraction of sp³-hybridized carbons (Fsp3) is 0.329. The van der Waals surface area contributed by atoms with Gasteiger partial charge in [0.05, 0.1) is 16.9 Å². The maximum absolute atomic E-state index is 4.84. The lowest BCUT2D eigenvalue weighted by Gasteiger charge is -2.50. The van der Waals surface area contributed by atoms with Gasteiger partial charge in [-0.2, -0.15) is 0 Å². The van der Waals surface area contributed by atoms with Crippen LogP contribution >= 0.6 is 0 Å². The van der Waals surface area contributed by atoms with E-state index in [4.69, 9.17) is 4.98 Å². The Balaban J connectivity index is 1.05. The van der Waals surface area contributed by atoms with Gasteiger partial charge >= 0.3 is 0 Å². The van der Waals surface area contributed by atoms with E-state index < -0.39 is 0 Å². The Morgan fingerprint density at radius 2 is 1.17 bits per heavy atom. The lowest BCUT2D eigenvalue weighted by atomic mass is 9.33. The molecule has 3 aliphatic carbocycles. The SMILES string of the molecule is Cc1cc2c3c(c1)N(c1ccc(C(C)(C)C)cc1-c1ccccc1)c1cc(N4c5ccc(-c6ccccn6)cc5C5(C)CCCCC45C)ccc1B3c1cc3c(cc1N2c1ccc2c(c1)CC(C)(C)C2)CC(C)(C)C3. The first kappa shape index (κ1) is 46.7. The third-order valence-corrected chi connectivity index (χ3v) is 19.2. The highest BCUT2D eigenvalue weighted by Gasteiger charge is 2.58. The summed E-state index contributed by atoms with van der Waals surface area (Å²) in [7, 11) is 0. The van der Waals surface area contributed by atoms with Crippen LogP contribution in [0.15, 0.2) is 152 Å². The molecule has 374 valence electrons. The third kappa shape index (κ3) is 7.05. The summed E-state index contributed by atoms with van der Waals surface area (Å²) in [6.07, 6.45) is 11.1. The van der Waals surface area contributed by atoms with Gasteiger partial charge in [-0.1, -0.05) is 135 Å². The van der Waals surface area contributed by atoms with E-state index in [1.807, 2.05) is 12.3 Å². The standard InChI is InChI=1S/C70H71BN4/c1-44-32-63-65-64(33-44)74(59-28-23-51(66(2,3)4)38-54(59)45-18-12-11-13-19-45)62-39-53(75-60-27-22-46(58-20-14-17-31-72-58)35-55(60)69(9)29-15-16-30-70(69,75)10)25-26-56(62)71(65)57-36-49-42-68(7,8)43-50(49)37-61(57)73(63)52-24-21-47-40-67(5,6)41-48(47)34-52/h11-14,17-28,31-39H,15-16,29-30,40-43H2,1-10H3. The Hall–Kier alpha value is -6.85. The van der Waals surface area contributed by atoms with Crippen molar-refractivity contribution in [2.75, 3.05) is 14.7 Å². The molecule has 0 radical (unpaired) electrons.